The molecule has 0 radical (unpaired) electrons. The summed E-state index contributed by atoms with van der Waals surface area (Å²) < 4.78 is 18.7. The summed E-state index contributed by atoms with van der Waals surface area (Å²) in [6.45, 7) is 5.89. The van der Waals surface area contributed by atoms with Gasteiger partial charge in [-0.2, -0.15) is 5.10 Å². The lowest BCUT2D eigenvalue weighted by molar-refractivity contribution is -0.140. The zero-order valence-corrected chi connectivity index (χ0v) is 25.0. The Balaban J connectivity index is 1.57. The van der Waals surface area contributed by atoms with Crippen LogP contribution in [0.2, 0.25) is 0 Å². The number of benzene rings is 3. The van der Waals surface area contributed by atoms with Gasteiger partial charge in [0, 0.05) is 35.1 Å². The van der Waals surface area contributed by atoms with E-state index in [1.54, 1.807) is 16.8 Å². The Kier molecular flexibility index (Phi) is 8.96. The predicted molar refractivity (Wildman–Crippen MR) is 161 cm³/mol. The Morgan fingerprint density at radius 2 is 1.81 bits per heavy atom. The number of esters is 1. The van der Waals surface area contributed by atoms with Gasteiger partial charge in [-0.1, -0.05) is 60.6 Å². The Labute approximate surface area is 252 Å². The summed E-state index contributed by atoms with van der Waals surface area (Å²) >= 11 is 1.37. The number of aromatic hydroxyl groups is 1. The molecule has 0 atom stereocenters. The van der Waals surface area contributed by atoms with E-state index in [0.29, 0.717) is 45.7 Å². The number of amides is 1. The van der Waals surface area contributed by atoms with Crippen LogP contribution in [0, 0.1) is 13.8 Å². The lowest BCUT2D eigenvalue weighted by Gasteiger charge is -2.16. The van der Waals surface area contributed by atoms with Crippen LogP contribution in [-0.2, 0) is 21.7 Å². The minimum Gasteiger partial charge on any atom is -0.506 e. The van der Waals surface area contributed by atoms with Crippen molar-refractivity contribution in [3.63, 3.8) is 0 Å². The van der Waals surface area contributed by atoms with E-state index in [4.69, 9.17) is 14.3 Å². The number of aryl methyl sites for hydroxylation is 3. The van der Waals surface area contributed by atoms with Gasteiger partial charge in [0.15, 0.2) is 0 Å². The highest BCUT2D eigenvalue weighted by molar-refractivity contribution is 7.98. The molecule has 5 aromatic rings. The quantitative estimate of drug-likeness (QED) is 0.144. The van der Waals surface area contributed by atoms with Gasteiger partial charge in [-0.3, -0.25) is 9.59 Å². The second-order valence-corrected chi connectivity index (χ2v) is 10.6. The van der Waals surface area contributed by atoms with Crippen molar-refractivity contribution in [1.29, 1.82) is 0 Å². The van der Waals surface area contributed by atoms with E-state index in [1.165, 1.54) is 24.9 Å². The van der Waals surface area contributed by atoms with E-state index in [-0.39, 0.29) is 24.3 Å². The Bertz CT molecular complexity index is 1780. The van der Waals surface area contributed by atoms with Crippen molar-refractivity contribution < 1.29 is 28.6 Å². The number of phenolic OH excluding ortho intramolecular Hbond substituents is 1. The largest absolute Gasteiger partial charge is 0.506 e. The SMILES string of the molecule is CCc1nnc(SCc2c(C)nn(-c3ccc(C)cc3)c2Oc2cc(C(=O)NCCC(=O)OC)c(O)c3ccccc23)o1. The Morgan fingerprint density at radius 3 is 2.51 bits per heavy atom. The maximum absolute atomic E-state index is 13.1. The number of fused-ring (bicyclic) bond motifs is 1. The first-order valence-corrected chi connectivity index (χ1v) is 14.7. The standard InChI is InChI=1S/C31H31N5O6S/c1-5-26-33-34-31(42-26)43-17-24-19(3)35-36(20-12-10-18(2)11-13-20)30(24)41-25-16-23(29(39)32-15-14-27(37)40-4)28(38)22-9-7-6-8-21(22)25/h6-13,16,38H,5,14-15,17H2,1-4H3,(H,32,39). The van der Waals surface area contributed by atoms with Crippen LogP contribution < -0.4 is 10.1 Å². The highest BCUT2D eigenvalue weighted by Crippen LogP contribution is 2.41. The van der Waals surface area contributed by atoms with Gasteiger partial charge in [-0.25, -0.2) is 4.68 Å². The van der Waals surface area contributed by atoms with Crippen molar-refractivity contribution in [2.24, 2.45) is 0 Å². The second-order valence-electron chi connectivity index (χ2n) is 9.72. The number of carbonyl (C=O) groups is 2. The highest BCUT2D eigenvalue weighted by Gasteiger charge is 2.24. The molecule has 0 aliphatic heterocycles. The molecular formula is C31H31N5O6S. The van der Waals surface area contributed by atoms with Crippen LogP contribution in [0.25, 0.3) is 16.5 Å². The van der Waals surface area contributed by atoms with Crippen molar-refractivity contribution in [2.45, 2.75) is 44.6 Å². The first-order chi connectivity index (χ1) is 20.8. The van der Waals surface area contributed by atoms with Crippen LogP contribution in [0.3, 0.4) is 0 Å². The zero-order chi connectivity index (χ0) is 30.5. The molecule has 0 bridgehead atoms. The molecule has 1 amide bonds. The molecule has 0 saturated heterocycles. The van der Waals surface area contributed by atoms with E-state index in [9.17, 15) is 14.7 Å². The number of hydrogen-bond acceptors (Lipinski definition) is 10. The molecular weight excluding hydrogens is 570 g/mol. The van der Waals surface area contributed by atoms with E-state index < -0.39 is 11.9 Å². The second kappa shape index (κ2) is 13.0. The van der Waals surface area contributed by atoms with Crippen molar-refractivity contribution >= 4 is 34.4 Å². The summed E-state index contributed by atoms with van der Waals surface area (Å²) in [6.07, 6.45) is 0.634. The van der Waals surface area contributed by atoms with Gasteiger partial charge in [0.2, 0.25) is 11.8 Å². The summed E-state index contributed by atoms with van der Waals surface area (Å²) in [5.41, 5.74) is 3.42. The summed E-state index contributed by atoms with van der Waals surface area (Å²) in [6, 6.07) is 16.5. The molecule has 5 rings (SSSR count). The van der Waals surface area contributed by atoms with Gasteiger partial charge in [0.1, 0.15) is 11.5 Å². The van der Waals surface area contributed by atoms with Crippen molar-refractivity contribution in [3.8, 4) is 23.1 Å². The maximum Gasteiger partial charge on any atom is 0.307 e. The Morgan fingerprint density at radius 1 is 1.07 bits per heavy atom. The van der Waals surface area contributed by atoms with Crippen LogP contribution in [0.15, 0.2) is 64.2 Å². The van der Waals surface area contributed by atoms with E-state index in [2.05, 4.69) is 20.3 Å². The van der Waals surface area contributed by atoms with Crippen LogP contribution in [0.5, 0.6) is 17.4 Å². The number of phenols is 1. The van der Waals surface area contributed by atoms with Gasteiger partial charge in [0.25, 0.3) is 11.1 Å². The molecule has 2 heterocycles. The fourth-order valence-electron chi connectivity index (χ4n) is 4.41. The average molecular weight is 602 g/mol. The molecule has 0 aliphatic carbocycles. The highest BCUT2D eigenvalue weighted by atomic mass is 32.2. The topological polar surface area (TPSA) is 142 Å². The third-order valence-electron chi connectivity index (χ3n) is 6.78. The van der Waals surface area contributed by atoms with Crippen LogP contribution in [0.1, 0.15) is 46.4 Å². The fraction of sp³-hybridized carbons (Fsp3) is 0.258. The first kappa shape index (κ1) is 29.6. The van der Waals surface area contributed by atoms with Gasteiger partial charge < -0.3 is 24.3 Å². The smallest absolute Gasteiger partial charge is 0.307 e. The van der Waals surface area contributed by atoms with Crippen molar-refractivity contribution in [3.05, 3.63) is 82.9 Å². The Hall–Kier alpha value is -4.84. The summed E-state index contributed by atoms with van der Waals surface area (Å²) in [7, 11) is 1.28. The molecule has 0 fully saturated rings. The van der Waals surface area contributed by atoms with Gasteiger partial charge >= 0.3 is 5.97 Å². The number of carbonyl (C=O) groups excluding carboxylic acids is 2. The molecule has 0 aliphatic rings. The van der Waals surface area contributed by atoms with Crippen LogP contribution >= 0.6 is 11.8 Å². The molecule has 2 N–H and O–H groups in total. The van der Waals surface area contributed by atoms with Crippen molar-refractivity contribution in [2.75, 3.05) is 13.7 Å². The fourth-order valence-corrected chi connectivity index (χ4v) is 5.26. The van der Waals surface area contributed by atoms with Crippen LogP contribution in [-0.4, -0.2) is 50.6 Å². The van der Waals surface area contributed by atoms with Crippen LogP contribution in [0.4, 0.5) is 0 Å². The van der Waals surface area contributed by atoms with E-state index >= 15 is 0 Å². The molecule has 222 valence electrons. The lowest BCUT2D eigenvalue weighted by atomic mass is 10.0. The number of thioether (sulfide) groups is 1. The van der Waals surface area contributed by atoms with Crippen molar-refractivity contribution in [1.82, 2.24) is 25.3 Å². The number of nitrogens with one attached hydrogen (secondary N) is 1. The third-order valence-corrected chi connectivity index (χ3v) is 7.62. The molecule has 11 nitrogen and oxygen atoms in total. The minimum absolute atomic E-state index is 0.00419. The normalized spacial score (nSPS) is 11.1. The van der Waals surface area contributed by atoms with Gasteiger partial charge in [0.05, 0.1) is 30.5 Å². The predicted octanol–water partition coefficient (Wildman–Crippen LogP) is 5.67. The monoisotopic (exact) mass is 601 g/mol. The summed E-state index contributed by atoms with van der Waals surface area (Å²) in [5, 5.41) is 28.2. The summed E-state index contributed by atoms with van der Waals surface area (Å²) in [4.78, 5) is 24.7. The maximum atomic E-state index is 13.1. The summed E-state index contributed by atoms with van der Waals surface area (Å²) in [5.74, 6) is 0.561. The number of methoxy groups -OCH3 is 1. The zero-order valence-electron chi connectivity index (χ0n) is 24.2. The number of rotatable bonds is 11. The number of ether oxygens (including phenoxy) is 2. The molecule has 12 heteroatoms. The molecule has 3 aromatic carbocycles. The lowest BCUT2D eigenvalue weighted by Crippen LogP contribution is -2.26. The third kappa shape index (κ3) is 6.49. The molecule has 2 aromatic heterocycles. The molecule has 0 saturated carbocycles. The molecule has 0 spiro atoms. The number of hydrogen-bond donors (Lipinski definition) is 2. The van der Waals surface area contributed by atoms with E-state index in [1.807, 2.05) is 57.2 Å². The molecule has 0 unspecified atom stereocenters. The molecule has 43 heavy (non-hydrogen) atoms. The van der Waals surface area contributed by atoms with Gasteiger partial charge in [-0.15, -0.1) is 10.2 Å². The minimum atomic E-state index is -0.556. The van der Waals surface area contributed by atoms with E-state index in [0.717, 1.165) is 22.5 Å². The van der Waals surface area contributed by atoms with Gasteiger partial charge in [-0.05, 0) is 32.0 Å². The first-order valence-electron chi connectivity index (χ1n) is 13.7. The number of aromatic nitrogens is 4. The average Bonchev–Trinajstić information content (AvgIpc) is 3.61. The number of nitrogens with zero attached hydrogens (tertiary/aromatic N) is 4.